The first-order chi connectivity index (χ1) is 9.61. The highest BCUT2D eigenvalue weighted by Crippen LogP contribution is 2.12. The summed E-state index contributed by atoms with van der Waals surface area (Å²) in [6, 6.07) is 7.12. The van der Waals surface area contributed by atoms with E-state index in [1.165, 1.54) is 4.57 Å². The van der Waals surface area contributed by atoms with E-state index in [0.717, 1.165) is 5.69 Å². The van der Waals surface area contributed by atoms with E-state index < -0.39 is 0 Å². The van der Waals surface area contributed by atoms with Gasteiger partial charge in [0.15, 0.2) is 0 Å². The first-order valence-corrected chi connectivity index (χ1v) is 6.43. The lowest BCUT2D eigenvalue weighted by atomic mass is 10.1. The van der Waals surface area contributed by atoms with Gasteiger partial charge < -0.3 is 15.6 Å². The molecule has 1 atom stereocenters. The normalized spacial score (nSPS) is 12.1. The number of imidazole rings is 1. The molecular formula is C14H18N4O2. The van der Waals surface area contributed by atoms with Crippen LogP contribution in [0.4, 0.5) is 5.69 Å². The fourth-order valence-corrected chi connectivity index (χ4v) is 1.89. The minimum Gasteiger partial charge on any atom is -0.326 e. The molecule has 0 aliphatic rings. The number of carbonyl (C=O) groups is 1. The molecule has 1 unspecified atom stereocenters. The first kappa shape index (κ1) is 14.1. The molecule has 1 heterocycles. The van der Waals surface area contributed by atoms with Gasteiger partial charge in [0.05, 0.1) is 5.69 Å². The SMILES string of the molecule is CNCC(C)C(=O)Nc1ccc(-n2cc[nH]c2=O)cc1. The predicted octanol–water partition coefficient (Wildman–Crippen LogP) is 0.960. The predicted molar refractivity (Wildman–Crippen MR) is 78.1 cm³/mol. The van der Waals surface area contributed by atoms with Crippen molar-refractivity contribution in [3.05, 3.63) is 47.1 Å². The number of hydrogen-bond acceptors (Lipinski definition) is 3. The lowest BCUT2D eigenvalue weighted by Gasteiger charge is -2.12. The van der Waals surface area contributed by atoms with E-state index in [1.54, 1.807) is 36.7 Å². The molecular weight excluding hydrogens is 256 g/mol. The van der Waals surface area contributed by atoms with Gasteiger partial charge in [-0.3, -0.25) is 9.36 Å². The van der Waals surface area contributed by atoms with Gasteiger partial charge in [-0.25, -0.2) is 4.79 Å². The highest BCUT2D eigenvalue weighted by Gasteiger charge is 2.11. The third kappa shape index (κ3) is 3.16. The van der Waals surface area contributed by atoms with Crippen molar-refractivity contribution < 1.29 is 4.79 Å². The Kier molecular flexibility index (Phi) is 4.37. The minimum absolute atomic E-state index is 0.0362. The second-order valence-corrected chi connectivity index (χ2v) is 4.63. The van der Waals surface area contributed by atoms with Crippen molar-refractivity contribution in [1.82, 2.24) is 14.9 Å². The summed E-state index contributed by atoms with van der Waals surface area (Å²) in [4.78, 5) is 25.9. The van der Waals surface area contributed by atoms with Gasteiger partial charge in [0.1, 0.15) is 0 Å². The molecule has 0 saturated heterocycles. The van der Waals surface area contributed by atoms with Crippen molar-refractivity contribution in [2.75, 3.05) is 18.9 Å². The second-order valence-electron chi connectivity index (χ2n) is 4.63. The molecule has 1 aromatic carbocycles. The Morgan fingerprint density at radius 1 is 1.35 bits per heavy atom. The molecule has 106 valence electrons. The maximum atomic E-state index is 11.9. The number of nitrogens with zero attached hydrogens (tertiary/aromatic N) is 1. The van der Waals surface area contributed by atoms with Gasteiger partial charge in [0.25, 0.3) is 0 Å². The fourth-order valence-electron chi connectivity index (χ4n) is 1.89. The number of aromatic amines is 1. The van der Waals surface area contributed by atoms with Gasteiger partial charge in [0, 0.05) is 30.5 Å². The summed E-state index contributed by atoms with van der Waals surface area (Å²) in [7, 11) is 1.81. The Hall–Kier alpha value is -2.34. The third-order valence-corrected chi connectivity index (χ3v) is 3.02. The monoisotopic (exact) mass is 274 g/mol. The number of H-pyrrole nitrogens is 1. The maximum absolute atomic E-state index is 11.9. The van der Waals surface area contributed by atoms with E-state index in [0.29, 0.717) is 12.2 Å². The van der Waals surface area contributed by atoms with Crippen LogP contribution in [0.3, 0.4) is 0 Å². The Balaban J connectivity index is 2.07. The number of nitrogens with one attached hydrogen (secondary N) is 3. The van der Waals surface area contributed by atoms with E-state index in [2.05, 4.69) is 15.6 Å². The van der Waals surface area contributed by atoms with Gasteiger partial charge in [-0.2, -0.15) is 0 Å². The molecule has 0 aliphatic heterocycles. The number of amides is 1. The molecule has 2 rings (SSSR count). The van der Waals surface area contributed by atoms with Crippen LogP contribution < -0.4 is 16.3 Å². The van der Waals surface area contributed by atoms with Crippen molar-refractivity contribution in [1.29, 1.82) is 0 Å². The molecule has 3 N–H and O–H groups in total. The summed E-state index contributed by atoms with van der Waals surface area (Å²) < 4.78 is 1.50. The molecule has 0 bridgehead atoms. The lowest BCUT2D eigenvalue weighted by Crippen LogP contribution is -2.28. The van der Waals surface area contributed by atoms with E-state index in [1.807, 2.05) is 14.0 Å². The molecule has 6 heteroatoms. The topological polar surface area (TPSA) is 78.9 Å². The minimum atomic E-state index is -0.190. The van der Waals surface area contributed by atoms with Gasteiger partial charge in [-0.15, -0.1) is 0 Å². The Morgan fingerprint density at radius 2 is 2.05 bits per heavy atom. The van der Waals surface area contributed by atoms with Crippen LogP contribution in [0, 0.1) is 5.92 Å². The summed E-state index contributed by atoms with van der Waals surface area (Å²) in [5.74, 6) is -0.141. The number of rotatable bonds is 5. The summed E-state index contributed by atoms with van der Waals surface area (Å²) in [6.07, 6.45) is 3.24. The summed E-state index contributed by atoms with van der Waals surface area (Å²) >= 11 is 0. The number of anilines is 1. The average molecular weight is 274 g/mol. The van der Waals surface area contributed by atoms with Crippen LogP contribution in [0.25, 0.3) is 5.69 Å². The van der Waals surface area contributed by atoms with Crippen LogP contribution in [0.1, 0.15) is 6.92 Å². The largest absolute Gasteiger partial charge is 0.330 e. The Morgan fingerprint density at radius 3 is 2.60 bits per heavy atom. The zero-order valence-electron chi connectivity index (χ0n) is 11.5. The average Bonchev–Trinajstić information content (AvgIpc) is 2.86. The molecule has 1 aromatic heterocycles. The summed E-state index contributed by atoms with van der Waals surface area (Å²) in [5, 5.41) is 5.81. The van der Waals surface area contributed by atoms with Crippen molar-refractivity contribution in [2.45, 2.75) is 6.92 Å². The summed E-state index contributed by atoms with van der Waals surface area (Å²) in [5.41, 5.74) is 1.27. The number of carbonyl (C=O) groups excluding carboxylic acids is 1. The van der Waals surface area contributed by atoms with Crippen molar-refractivity contribution >= 4 is 11.6 Å². The van der Waals surface area contributed by atoms with Crippen LogP contribution in [0.5, 0.6) is 0 Å². The van der Waals surface area contributed by atoms with Crippen molar-refractivity contribution in [2.24, 2.45) is 5.92 Å². The number of hydrogen-bond donors (Lipinski definition) is 3. The van der Waals surface area contributed by atoms with E-state index >= 15 is 0 Å². The summed E-state index contributed by atoms with van der Waals surface area (Å²) in [6.45, 7) is 2.49. The van der Waals surface area contributed by atoms with Crippen LogP contribution in [-0.2, 0) is 4.79 Å². The van der Waals surface area contributed by atoms with Gasteiger partial charge in [-0.1, -0.05) is 6.92 Å². The van der Waals surface area contributed by atoms with Crippen molar-refractivity contribution in [3.8, 4) is 5.69 Å². The standard InChI is InChI=1S/C14H18N4O2/c1-10(9-15-2)13(19)17-11-3-5-12(6-4-11)18-8-7-16-14(18)20/h3-8,10,15H,9H2,1-2H3,(H,16,20)(H,17,19). The van der Waals surface area contributed by atoms with Gasteiger partial charge in [-0.05, 0) is 31.3 Å². The molecule has 0 saturated carbocycles. The highest BCUT2D eigenvalue weighted by atomic mass is 16.2. The van der Waals surface area contributed by atoms with Crippen LogP contribution in [0.2, 0.25) is 0 Å². The smallest absolute Gasteiger partial charge is 0.326 e. The van der Waals surface area contributed by atoms with Crippen molar-refractivity contribution in [3.63, 3.8) is 0 Å². The maximum Gasteiger partial charge on any atom is 0.330 e. The second kappa shape index (κ2) is 6.21. The number of benzene rings is 1. The molecule has 0 radical (unpaired) electrons. The molecule has 0 aliphatic carbocycles. The molecule has 20 heavy (non-hydrogen) atoms. The first-order valence-electron chi connectivity index (χ1n) is 6.43. The van der Waals surface area contributed by atoms with Gasteiger partial charge >= 0.3 is 5.69 Å². The third-order valence-electron chi connectivity index (χ3n) is 3.02. The molecule has 6 nitrogen and oxygen atoms in total. The van der Waals surface area contributed by atoms with E-state index in [4.69, 9.17) is 0 Å². The van der Waals surface area contributed by atoms with E-state index in [9.17, 15) is 9.59 Å². The quantitative estimate of drug-likeness (QED) is 0.760. The highest BCUT2D eigenvalue weighted by molar-refractivity contribution is 5.92. The van der Waals surface area contributed by atoms with E-state index in [-0.39, 0.29) is 17.5 Å². The van der Waals surface area contributed by atoms with Crippen LogP contribution in [-0.4, -0.2) is 29.1 Å². The van der Waals surface area contributed by atoms with Crippen LogP contribution >= 0.6 is 0 Å². The zero-order chi connectivity index (χ0) is 14.5. The Bertz CT molecular complexity index is 627. The molecule has 0 spiro atoms. The molecule has 2 aromatic rings. The van der Waals surface area contributed by atoms with Crippen LogP contribution in [0.15, 0.2) is 41.5 Å². The molecule has 1 amide bonds. The van der Waals surface area contributed by atoms with Gasteiger partial charge in [0.2, 0.25) is 5.91 Å². The fraction of sp³-hybridized carbons (Fsp3) is 0.286. The number of aromatic nitrogens is 2. The molecule has 0 fully saturated rings. The Labute approximate surface area is 116 Å². The zero-order valence-corrected chi connectivity index (χ0v) is 11.5. The lowest BCUT2D eigenvalue weighted by molar-refractivity contribution is -0.119.